The van der Waals surface area contributed by atoms with Crippen LogP contribution >= 0.6 is 0 Å². The second-order valence-electron chi connectivity index (χ2n) is 11.2. The number of carbonyl (C=O) groups excluding carboxylic acids is 1. The minimum Gasteiger partial charge on any atom is -0.496 e. The van der Waals surface area contributed by atoms with Crippen molar-refractivity contribution in [3.8, 4) is 28.8 Å². The average molecular weight is 585 g/mol. The molecule has 43 heavy (non-hydrogen) atoms. The van der Waals surface area contributed by atoms with Crippen LogP contribution in [0.25, 0.3) is 28.0 Å². The molecule has 4 heterocycles. The van der Waals surface area contributed by atoms with Crippen molar-refractivity contribution < 1.29 is 18.3 Å². The maximum Gasteiger partial charge on any atom is 0.282 e. The maximum absolute atomic E-state index is 16.2. The third-order valence-corrected chi connectivity index (χ3v) is 8.26. The van der Waals surface area contributed by atoms with Gasteiger partial charge in [0.2, 0.25) is 0 Å². The van der Waals surface area contributed by atoms with Crippen LogP contribution in [0.5, 0.6) is 5.75 Å². The zero-order chi connectivity index (χ0) is 30.7. The summed E-state index contributed by atoms with van der Waals surface area (Å²) in [4.78, 5) is 36.1. The number of para-hydroxylation sites is 1. The number of carbonyl (C=O) groups is 1. The SMILES string of the molecule is COc1cccc(F)c1-c1nc2c(cc1F)c1c(c(=O)n2-c2c(C#N)cccc2C(C)C)N(C)C(=O)[C@H]2CN[C@H](C)CN12. The molecular formula is C32H30F2N6O3. The lowest BCUT2D eigenvalue weighted by Gasteiger charge is -2.46. The Labute approximate surface area is 246 Å². The first-order valence-electron chi connectivity index (χ1n) is 14.0. The number of hydrogen-bond donors (Lipinski definition) is 1. The van der Waals surface area contributed by atoms with E-state index in [0.717, 1.165) is 0 Å². The zero-order valence-electron chi connectivity index (χ0n) is 24.4. The van der Waals surface area contributed by atoms with Gasteiger partial charge < -0.3 is 19.9 Å². The number of benzene rings is 2. The van der Waals surface area contributed by atoms with Crippen molar-refractivity contribution in [1.29, 1.82) is 5.26 Å². The van der Waals surface area contributed by atoms with Crippen LogP contribution in [0.1, 0.15) is 37.8 Å². The van der Waals surface area contributed by atoms with Gasteiger partial charge in [0.15, 0.2) is 11.5 Å². The van der Waals surface area contributed by atoms with Crippen molar-refractivity contribution in [2.24, 2.45) is 0 Å². The molecular weight excluding hydrogens is 554 g/mol. The number of pyridine rings is 2. The first-order chi connectivity index (χ1) is 20.6. The Bertz CT molecular complexity index is 1910. The summed E-state index contributed by atoms with van der Waals surface area (Å²) in [5.74, 6) is -1.92. The minimum absolute atomic E-state index is 0.0237. The summed E-state index contributed by atoms with van der Waals surface area (Å²) in [5.41, 5.74) is 0.474. The van der Waals surface area contributed by atoms with E-state index in [9.17, 15) is 14.9 Å². The Morgan fingerprint density at radius 1 is 1.09 bits per heavy atom. The topological polar surface area (TPSA) is 103 Å². The molecule has 220 valence electrons. The molecule has 2 aromatic carbocycles. The normalized spacial score (nSPS) is 18.1. The quantitative estimate of drug-likeness (QED) is 0.377. The van der Waals surface area contributed by atoms with E-state index >= 15 is 8.78 Å². The fraction of sp³-hybridized carbons (Fsp3) is 0.312. The van der Waals surface area contributed by atoms with Gasteiger partial charge in [0.1, 0.15) is 35.1 Å². The van der Waals surface area contributed by atoms with Crippen LogP contribution in [0, 0.1) is 23.0 Å². The number of likely N-dealkylation sites (N-methyl/N-ethyl adjacent to an activating group) is 1. The van der Waals surface area contributed by atoms with Gasteiger partial charge in [0.25, 0.3) is 11.5 Å². The monoisotopic (exact) mass is 584 g/mol. The molecule has 2 aliphatic rings. The summed E-state index contributed by atoms with van der Waals surface area (Å²) < 4.78 is 38.1. The van der Waals surface area contributed by atoms with Crippen molar-refractivity contribution in [2.45, 2.75) is 38.8 Å². The first kappa shape index (κ1) is 28.3. The molecule has 9 nitrogen and oxygen atoms in total. The Morgan fingerprint density at radius 2 is 1.84 bits per heavy atom. The smallest absolute Gasteiger partial charge is 0.282 e. The van der Waals surface area contributed by atoms with Crippen molar-refractivity contribution >= 4 is 28.3 Å². The highest BCUT2D eigenvalue weighted by Gasteiger charge is 2.43. The molecule has 6 rings (SSSR count). The number of amides is 1. The van der Waals surface area contributed by atoms with Gasteiger partial charge in [-0.1, -0.05) is 32.0 Å². The highest BCUT2D eigenvalue weighted by molar-refractivity contribution is 6.11. The summed E-state index contributed by atoms with van der Waals surface area (Å²) in [5, 5.41) is 13.7. The average Bonchev–Trinajstić information content (AvgIpc) is 2.99. The number of piperazine rings is 1. The van der Waals surface area contributed by atoms with Crippen molar-refractivity contribution in [3.05, 3.63) is 75.6 Å². The molecule has 0 bridgehead atoms. The fourth-order valence-corrected chi connectivity index (χ4v) is 6.21. The molecule has 0 radical (unpaired) electrons. The maximum atomic E-state index is 16.2. The molecule has 11 heteroatoms. The summed E-state index contributed by atoms with van der Waals surface area (Å²) in [6, 6.07) is 12.0. The first-order valence-corrected chi connectivity index (χ1v) is 14.0. The number of nitrogens with zero attached hydrogens (tertiary/aromatic N) is 5. The third-order valence-electron chi connectivity index (χ3n) is 8.26. The van der Waals surface area contributed by atoms with Gasteiger partial charge in [0, 0.05) is 31.6 Å². The molecule has 0 unspecified atom stereocenters. The van der Waals surface area contributed by atoms with Gasteiger partial charge in [-0.15, -0.1) is 0 Å². The number of fused-ring (bicyclic) bond motifs is 5. The largest absolute Gasteiger partial charge is 0.496 e. The summed E-state index contributed by atoms with van der Waals surface area (Å²) >= 11 is 0. The molecule has 1 N–H and O–H groups in total. The Kier molecular flexibility index (Phi) is 6.89. The van der Waals surface area contributed by atoms with E-state index in [0.29, 0.717) is 24.3 Å². The van der Waals surface area contributed by atoms with Crippen molar-refractivity contribution in [3.63, 3.8) is 0 Å². The number of halogens is 2. The van der Waals surface area contributed by atoms with E-state index in [1.54, 1.807) is 12.1 Å². The second kappa shape index (κ2) is 10.5. The summed E-state index contributed by atoms with van der Waals surface area (Å²) in [6.07, 6.45) is 0. The van der Waals surface area contributed by atoms with E-state index < -0.39 is 23.2 Å². The number of anilines is 2. The van der Waals surface area contributed by atoms with Crippen LogP contribution in [-0.2, 0) is 4.79 Å². The minimum atomic E-state index is -0.833. The molecule has 0 saturated carbocycles. The van der Waals surface area contributed by atoms with Crippen LogP contribution < -0.4 is 25.4 Å². The van der Waals surface area contributed by atoms with Crippen LogP contribution in [0.2, 0.25) is 0 Å². The lowest BCUT2D eigenvalue weighted by atomic mass is 9.96. The number of nitrogens with one attached hydrogen (secondary N) is 1. The van der Waals surface area contributed by atoms with Crippen LogP contribution in [0.4, 0.5) is 20.2 Å². The molecule has 2 atom stereocenters. The second-order valence-corrected chi connectivity index (χ2v) is 11.2. The van der Waals surface area contributed by atoms with Gasteiger partial charge in [-0.25, -0.2) is 13.8 Å². The molecule has 4 aromatic rings. The highest BCUT2D eigenvalue weighted by Crippen LogP contribution is 2.43. The van der Waals surface area contributed by atoms with E-state index in [1.165, 1.54) is 47.9 Å². The molecule has 0 spiro atoms. The molecule has 1 fully saturated rings. The van der Waals surface area contributed by atoms with E-state index in [2.05, 4.69) is 16.4 Å². The number of nitriles is 1. The number of hydrogen-bond acceptors (Lipinski definition) is 7. The van der Waals surface area contributed by atoms with Crippen LogP contribution in [0.3, 0.4) is 0 Å². The molecule has 1 saturated heterocycles. The van der Waals surface area contributed by atoms with Gasteiger partial charge >= 0.3 is 0 Å². The van der Waals surface area contributed by atoms with Gasteiger partial charge in [0.05, 0.1) is 29.6 Å². The van der Waals surface area contributed by atoms with Crippen molar-refractivity contribution in [1.82, 2.24) is 14.9 Å². The highest BCUT2D eigenvalue weighted by atomic mass is 19.1. The third kappa shape index (κ3) is 4.24. The number of ether oxygens (including phenoxy) is 1. The van der Waals surface area contributed by atoms with E-state index in [-0.39, 0.29) is 62.8 Å². The van der Waals surface area contributed by atoms with Gasteiger partial charge in [-0.3, -0.25) is 14.2 Å². The van der Waals surface area contributed by atoms with Crippen LogP contribution in [0.15, 0.2) is 47.3 Å². The van der Waals surface area contributed by atoms with Gasteiger partial charge in [-0.05, 0) is 42.7 Å². The Morgan fingerprint density at radius 3 is 2.53 bits per heavy atom. The summed E-state index contributed by atoms with van der Waals surface area (Å²) in [6.45, 7) is 6.53. The number of methoxy groups -OCH3 is 1. The lowest BCUT2D eigenvalue weighted by molar-refractivity contribution is -0.120. The Hall–Kier alpha value is -4.82. The zero-order valence-corrected chi connectivity index (χ0v) is 24.4. The number of rotatable bonds is 4. The molecule has 2 aliphatic heterocycles. The number of aromatic nitrogens is 2. The van der Waals surface area contributed by atoms with E-state index in [1.807, 2.05) is 31.7 Å². The van der Waals surface area contributed by atoms with Gasteiger partial charge in [-0.2, -0.15) is 5.26 Å². The fourth-order valence-electron chi connectivity index (χ4n) is 6.21. The predicted octanol–water partition coefficient (Wildman–Crippen LogP) is 4.48. The van der Waals surface area contributed by atoms with Crippen molar-refractivity contribution in [2.75, 3.05) is 37.0 Å². The summed E-state index contributed by atoms with van der Waals surface area (Å²) in [7, 11) is 2.87. The Balaban J connectivity index is 1.83. The predicted molar refractivity (Wildman–Crippen MR) is 160 cm³/mol. The van der Waals surface area contributed by atoms with E-state index in [4.69, 9.17) is 4.74 Å². The molecule has 2 aromatic heterocycles. The molecule has 1 amide bonds. The van der Waals surface area contributed by atoms with Crippen LogP contribution in [-0.4, -0.2) is 54.8 Å². The lowest BCUT2D eigenvalue weighted by Crippen LogP contribution is -2.64. The standard InChI is InChI=1S/C32H30F2N6O3/c1-16(2)19-9-6-8-18(13-35)27(19)40-30-20(12-22(34)26(37-30)25-21(33)10-7-11-24(25)43-5)28-29(32(40)42)38(4)31(41)23-14-36-17(3)15-39(23)28/h6-12,16-17,23,36H,14-15H2,1-5H3/t17-,23-/m1/s1. The molecule has 0 aliphatic carbocycles.